The lowest BCUT2D eigenvalue weighted by molar-refractivity contribution is 1.01. The predicted molar refractivity (Wildman–Crippen MR) is 84.5 cm³/mol. The smallest absolute Gasteiger partial charge is 0.0618 e. The number of hydrogen-bond acceptors (Lipinski definition) is 2. The Morgan fingerprint density at radius 3 is 2.50 bits per heavy atom. The van der Waals surface area contributed by atoms with Crippen LogP contribution in [-0.4, -0.2) is 4.98 Å². The van der Waals surface area contributed by atoms with Crippen LogP contribution in [0.5, 0.6) is 0 Å². The molecule has 0 atom stereocenters. The predicted octanol–water partition coefficient (Wildman–Crippen LogP) is 3.98. The van der Waals surface area contributed by atoms with Crippen molar-refractivity contribution >= 4 is 10.8 Å². The monoisotopic (exact) mass is 262 g/mol. The molecule has 2 heteroatoms. The maximum Gasteiger partial charge on any atom is 0.0618 e. The van der Waals surface area contributed by atoms with E-state index in [0.29, 0.717) is 6.54 Å². The van der Waals surface area contributed by atoms with E-state index in [0.717, 1.165) is 11.1 Å². The third-order valence-corrected chi connectivity index (χ3v) is 3.65. The van der Waals surface area contributed by atoms with E-state index in [-0.39, 0.29) is 0 Å². The lowest BCUT2D eigenvalue weighted by Gasteiger charge is -2.11. The summed E-state index contributed by atoms with van der Waals surface area (Å²) in [5.41, 5.74) is 11.6. The van der Waals surface area contributed by atoms with Gasteiger partial charge in [0.1, 0.15) is 0 Å². The second-order valence-electron chi connectivity index (χ2n) is 5.24. The van der Waals surface area contributed by atoms with Crippen LogP contribution in [0.3, 0.4) is 0 Å². The Hall–Kier alpha value is -2.19. The van der Waals surface area contributed by atoms with Gasteiger partial charge < -0.3 is 5.73 Å². The number of nitrogens with two attached hydrogens (primary N) is 1. The first-order valence-corrected chi connectivity index (χ1v) is 6.84. The molecule has 0 amide bonds. The third kappa shape index (κ3) is 2.19. The van der Waals surface area contributed by atoms with E-state index >= 15 is 0 Å². The highest BCUT2D eigenvalue weighted by molar-refractivity contribution is 5.97. The van der Waals surface area contributed by atoms with Crippen molar-refractivity contribution in [1.29, 1.82) is 0 Å². The van der Waals surface area contributed by atoms with Gasteiger partial charge in [0.25, 0.3) is 0 Å². The summed E-state index contributed by atoms with van der Waals surface area (Å²) < 4.78 is 0. The molecule has 0 aliphatic rings. The molecule has 3 rings (SSSR count). The second kappa shape index (κ2) is 5.06. The Morgan fingerprint density at radius 2 is 1.75 bits per heavy atom. The fraction of sp³-hybridized carbons (Fsp3) is 0.167. The number of fused-ring (bicyclic) bond motifs is 1. The largest absolute Gasteiger partial charge is 0.325 e. The van der Waals surface area contributed by atoms with Gasteiger partial charge in [-0.15, -0.1) is 0 Å². The Kier molecular flexibility index (Phi) is 3.25. The summed E-state index contributed by atoms with van der Waals surface area (Å²) in [6.07, 6.45) is 1.94. The lowest BCUT2D eigenvalue weighted by atomic mass is 9.97. The molecule has 0 saturated carbocycles. The number of rotatable bonds is 2. The first kappa shape index (κ1) is 12.8. The molecule has 0 bridgehead atoms. The van der Waals surface area contributed by atoms with Gasteiger partial charge in [-0.05, 0) is 30.9 Å². The van der Waals surface area contributed by atoms with Crippen LogP contribution < -0.4 is 5.73 Å². The van der Waals surface area contributed by atoms with Crippen LogP contribution in [0.15, 0.2) is 48.7 Å². The molecule has 100 valence electrons. The van der Waals surface area contributed by atoms with Crippen LogP contribution in [0, 0.1) is 13.8 Å². The highest BCUT2D eigenvalue weighted by Crippen LogP contribution is 2.30. The van der Waals surface area contributed by atoms with Crippen molar-refractivity contribution in [3.8, 4) is 11.1 Å². The average Bonchev–Trinajstić information content (AvgIpc) is 2.46. The zero-order valence-corrected chi connectivity index (χ0v) is 11.9. The fourth-order valence-corrected chi connectivity index (χ4v) is 2.62. The molecule has 3 aromatic rings. The molecule has 0 aliphatic heterocycles. The Bertz CT molecular complexity index is 775. The summed E-state index contributed by atoms with van der Waals surface area (Å²) in [7, 11) is 0. The maximum atomic E-state index is 5.82. The number of benzene rings is 2. The average molecular weight is 262 g/mol. The summed E-state index contributed by atoms with van der Waals surface area (Å²) in [5, 5.41) is 2.38. The molecule has 2 nitrogen and oxygen atoms in total. The van der Waals surface area contributed by atoms with E-state index in [2.05, 4.69) is 61.3 Å². The molecule has 0 aliphatic carbocycles. The summed E-state index contributed by atoms with van der Waals surface area (Å²) in [6, 6.07) is 15.0. The maximum absolute atomic E-state index is 5.82. The van der Waals surface area contributed by atoms with Crippen molar-refractivity contribution in [3.63, 3.8) is 0 Å². The van der Waals surface area contributed by atoms with Gasteiger partial charge in [-0.2, -0.15) is 0 Å². The topological polar surface area (TPSA) is 38.9 Å². The van der Waals surface area contributed by atoms with Crippen LogP contribution in [0.4, 0.5) is 0 Å². The molecular weight excluding hydrogens is 244 g/mol. The summed E-state index contributed by atoms with van der Waals surface area (Å²) in [5.74, 6) is 0. The normalized spacial score (nSPS) is 10.9. The van der Waals surface area contributed by atoms with Crippen molar-refractivity contribution in [1.82, 2.24) is 4.98 Å². The van der Waals surface area contributed by atoms with Crippen LogP contribution in [0.25, 0.3) is 21.9 Å². The van der Waals surface area contributed by atoms with Crippen molar-refractivity contribution in [2.45, 2.75) is 20.4 Å². The van der Waals surface area contributed by atoms with E-state index in [1.807, 2.05) is 6.20 Å². The third-order valence-electron chi connectivity index (χ3n) is 3.65. The van der Waals surface area contributed by atoms with Crippen LogP contribution in [-0.2, 0) is 6.54 Å². The molecular formula is C18H18N2. The number of nitrogens with zero attached hydrogens (tertiary/aromatic N) is 1. The quantitative estimate of drug-likeness (QED) is 0.758. The first-order valence-electron chi connectivity index (χ1n) is 6.84. The van der Waals surface area contributed by atoms with Crippen molar-refractivity contribution in [2.24, 2.45) is 5.73 Å². The fourth-order valence-electron chi connectivity index (χ4n) is 2.62. The molecule has 0 spiro atoms. The Balaban J connectivity index is 2.32. The molecule has 2 N–H and O–H groups in total. The minimum Gasteiger partial charge on any atom is -0.325 e. The summed E-state index contributed by atoms with van der Waals surface area (Å²) in [4.78, 5) is 4.55. The van der Waals surface area contributed by atoms with Crippen molar-refractivity contribution in [2.75, 3.05) is 0 Å². The number of aromatic nitrogens is 1. The highest BCUT2D eigenvalue weighted by atomic mass is 14.7. The van der Waals surface area contributed by atoms with E-state index in [4.69, 9.17) is 5.73 Å². The van der Waals surface area contributed by atoms with Gasteiger partial charge in [0, 0.05) is 23.7 Å². The molecule has 0 saturated heterocycles. The number of aryl methyl sites for hydroxylation is 2. The zero-order valence-electron chi connectivity index (χ0n) is 11.9. The number of pyridine rings is 1. The molecule has 2 aromatic carbocycles. The Labute approximate surface area is 119 Å². The number of hydrogen-bond donors (Lipinski definition) is 1. The van der Waals surface area contributed by atoms with Gasteiger partial charge in [-0.25, -0.2) is 0 Å². The van der Waals surface area contributed by atoms with Gasteiger partial charge in [0.05, 0.1) is 5.69 Å². The van der Waals surface area contributed by atoms with E-state index in [1.54, 1.807) is 0 Å². The standard InChI is InChI=1S/C18H18N2/c1-12-4-3-5-14(8-12)17-11-20-18(10-19)16-9-13(2)6-7-15(16)17/h3-9,11H,10,19H2,1-2H3. The van der Waals surface area contributed by atoms with Crippen LogP contribution in [0.1, 0.15) is 16.8 Å². The summed E-state index contributed by atoms with van der Waals surface area (Å²) >= 11 is 0. The molecule has 0 unspecified atom stereocenters. The molecule has 20 heavy (non-hydrogen) atoms. The highest BCUT2D eigenvalue weighted by Gasteiger charge is 2.08. The van der Waals surface area contributed by atoms with Gasteiger partial charge in [-0.1, -0.05) is 47.5 Å². The van der Waals surface area contributed by atoms with Gasteiger partial charge >= 0.3 is 0 Å². The molecule has 0 radical (unpaired) electrons. The Morgan fingerprint density at radius 1 is 0.950 bits per heavy atom. The van der Waals surface area contributed by atoms with Crippen LogP contribution >= 0.6 is 0 Å². The van der Waals surface area contributed by atoms with E-state index < -0.39 is 0 Å². The van der Waals surface area contributed by atoms with Gasteiger partial charge in [0.2, 0.25) is 0 Å². The first-order chi connectivity index (χ1) is 9.69. The molecule has 1 aromatic heterocycles. The lowest BCUT2D eigenvalue weighted by Crippen LogP contribution is -2.01. The minimum atomic E-state index is 0.466. The van der Waals surface area contributed by atoms with E-state index in [9.17, 15) is 0 Å². The van der Waals surface area contributed by atoms with Crippen molar-refractivity contribution in [3.05, 3.63) is 65.5 Å². The van der Waals surface area contributed by atoms with Crippen LogP contribution in [0.2, 0.25) is 0 Å². The van der Waals surface area contributed by atoms with Gasteiger partial charge in [0.15, 0.2) is 0 Å². The van der Waals surface area contributed by atoms with E-state index in [1.165, 1.54) is 27.6 Å². The van der Waals surface area contributed by atoms with Gasteiger partial charge in [-0.3, -0.25) is 4.98 Å². The summed E-state index contributed by atoms with van der Waals surface area (Å²) in [6.45, 7) is 4.67. The SMILES string of the molecule is Cc1cccc(-c2cnc(CN)c3cc(C)ccc23)c1. The van der Waals surface area contributed by atoms with Crippen molar-refractivity contribution < 1.29 is 0 Å². The molecule has 0 fully saturated rings. The zero-order chi connectivity index (χ0) is 14.1. The molecule has 1 heterocycles. The minimum absolute atomic E-state index is 0.466. The second-order valence-corrected chi connectivity index (χ2v) is 5.24.